The Labute approximate surface area is 78.9 Å². The van der Waals surface area contributed by atoms with Crippen molar-refractivity contribution in [2.24, 2.45) is 0 Å². The number of alkyl halides is 3. The van der Waals surface area contributed by atoms with E-state index in [2.05, 4.69) is 9.05 Å². The third kappa shape index (κ3) is 5.26. The molecule has 2 atom stereocenters. The summed E-state index contributed by atoms with van der Waals surface area (Å²) in [5, 5.41) is 0. The van der Waals surface area contributed by atoms with Gasteiger partial charge in [-0.15, -0.1) is 23.2 Å². The van der Waals surface area contributed by atoms with Gasteiger partial charge in [0.05, 0.1) is 0 Å². The fourth-order valence-electron chi connectivity index (χ4n) is 0.216. The predicted octanol–water partition coefficient (Wildman–Crippen LogP) is 2.12. The van der Waals surface area contributed by atoms with Gasteiger partial charge in [0.15, 0.2) is 5.56 Å². The molecular weight excluding hydrogens is 237 g/mol. The monoisotopic (exact) mass is 242 g/mol. The summed E-state index contributed by atoms with van der Waals surface area (Å²) in [6.07, 6.45) is 0. The Morgan fingerprint density at radius 1 is 1.45 bits per heavy atom. The van der Waals surface area contributed by atoms with Crippen LogP contribution in [0.1, 0.15) is 0 Å². The van der Waals surface area contributed by atoms with Crippen molar-refractivity contribution in [2.45, 2.75) is 10.4 Å². The minimum atomic E-state index is -4.08. The van der Waals surface area contributed by atoms with Gasteiger partial charge >= 0.3 is 7.82 Å². The second-order valence-electron chi connectivity index (χ2n) is 1.44. The highest BCUT2D eigenvalue weighted by molar-refractivity contribution is 7.47. The predicted molar refractivity (Wildman–Crippen MR) is 43.1 cm³/mol. The highest BCUT2D eigenvalue weighted by atomic mass is 35.5. The van der Waals surface area contributed by atoms with Gasteiger partial charge in [0.2, 0.25) is 0 Å². The molecular formula is C3H6Cl3O4P. The first-order chi connectivity index (χ1) is 4.89. The molecule has 1 N–H and O–H groups in total. The average Bonchev–Trinajstić information content (AvgIpc) is 1.87. The lowest BCUT2D eigenvalue weighted by Gasteiger charge is -2.14. The first-order valence-electron chi connectivity index (χ1n) is 2.38. The van der Waals surface area contributed by atoms with Crippen LogP contribution >= 0.6 is 42.6 Å². The fourth-order valence-corrected chi connectivity index (χ4v) is 1.23. The number of halogens is 3. The molecule has 0 spiro atoms. The van der Waals surface area contributed by atoms with Crippen LogP contribution in [0.5, 0.6) is 0 Å². The van der Waals surface area contributed by atoms with Crippen LogP contribution in [-0.2, 0) is 13.6 Å². The normalized spacial score (nSPS) is 19.8. The number of rotatable bonds is 4. The smallest absolute Gasteiger partial charge is 0.302 e. The van der Waals surface area contributed by atoms with Crippen molar-refractivity contribution < 1.29 is 18.5 Å². The molecule has 4 nitrogen and oxygen atoms in total. The van der Waals surface area contributed by atoms with E-state index in [0.29, 0.717) is 0 Å². The molecule has 0 amide bonds. The van der Waals surface area contributed by atoms with Crippen LogP contribution in [0.15, 0.2) is 0 Å². The van der Waals surface area contributed by atoms with Crippen LogP contribution in [0, 0.1) is 0 Å². The lowest BCUT2D eigenvalue weighted by atomic mass is 10.8. The van der Waals surface area contributed by atoms with Crippen molar-refractivity contribution in [3.63, 3.8) is 0 Å². The maximum absolute atomic E-state index is 10.6. The van der Waals surface area contributed by atoms with Gasteiger partial charge in [-0.3, -0.25) is 9.05 Å². The van der Waals surface area contributed by atoms with Gasteiger partial charge in [-0.25, -0.2) is 4.57 Å². The average molecular weight is 243 g/mol. The molecule has 0 saturated heterocycles. The molecule has 0 rings (SSSR count). The van der Waals surface area contributed by atoms with Gasteiger partial charge in [0.25, 0.3) is 0 Å². The van der Waals surface area contributed by atoms with E-state index in [1.807, 2.05) is 0 Å². The minimum Gasteiger partial charge on any atom is -0.302 e. The van der Waals surface area contributed by atoms with Crippen LogP contribution in [0.2, 0.25) is 0 Å². The molecule has 0 radical (unpaired) electrons. The summed E-state index contributed by atoms with van der Waals surface area (Å²) in [4.78, 5) is 7.56. The van der Waals surface area contributed by atoms with Gasteiger partial charge in [-0.1, -0.05) is 11.6 Å². The highest BCUT2D eigenvalue weighted by Crippen LogP contribution is 2.45. The first-order valence-corrected chi connectivity index (χ1v) is 5.18. The summed E-state index contributed by atoms with van der Waals surface area (Å²) in [6, 6.07) is 0. The molecule has 0 aromatic heterocycles. The topological polar surface area (TPSA) is 55.8 Å². The van der Waals surface area contributed by atoms with E-state index in [9.17, 15) is 4.57 Å². The third-order valence-electron chi connectivity index (χ3n) is 0.663. The van der Waals surface area contributed by atoms with Gasteiger partial charge in [-0.05, 0) is 0 Å². The van der Waals surface area contributed by atoms with E-state index in [1.165, 1.54) is 0 Å². The summed E-state index contributed by atoms with van der Waals surface area (Å²) < 4.78 is 18.9. The summed E-state index contributed by atoms with van der Waals surface area (Å²) in [5.41, 5.74) is -1.27. The Kier molecular flexibility index (Phi) is 5.31. The molecule has 0 bridgehead atoms. The van der Waals surface area contributed by atoms with Crippen molar-refractivity contribution in [2.75, 3.05) is 7.11 Å². The Morgan fingerprint density at radius 2 is 1.91 bits per heavy atom. The number of phosphoric ester groups is 1. The van der Waals surface area contributed by atoms with E-state index in [0.717, 1.165) is 7.11 Å². The zero-order valence-corrected chi connectivity index (χ0v) is 8.57. The summed E-state index contributed by atoms with van der Waals surface area (Å²) in [6.45, 7) is 0. The molecule has 0 aliphatic carbocycles. The summed E-state index contributed by atoms with van der Waals surface area (Å²) in [7, 11) is -3.08. The molecule has 0 aromatic carbocycles. The van der Waals surface area contributed by atoms with Crippen molar-refractivity contribution in [1.29, 1.82) is 0 Å². The quantitative estimate of drug-likeness (QED) is 0.607. The first kappa shape index (κ1) is 12.0. The van der Waals surface area contributed by atoms with E-state index in [4.69, 9.17) is 39.7 Å². The van der Waals surface area contributed by atoms with Crippen LogP contribution in [0.25, 0.3) is 0 Å². The zero-order valence-electron chi connectivity index (χ0n) is 5.41. The maximum Gasteiger partial charge on any atom is 0.473 e. The van der Waals surface area contributed by atoms with Crippen LogP contribution < -0.4 is 0 Å². The lowest BCUT2D eigenvalue weighted by Crippen LogP contribution is -2.11. The van der Waals surface area contributed by atoms with Gasteiger partial charge in [0.1, 0.15) is 4.84 Å². The van der Waals surface area contributed by atoms with E-state index >= 15 is 0 Å². The number of hydrogen-bond donors (Lipinski definition) is 1. The van der Waals surface area contributed by atoms with E-state index < -0.39 is 18.2 Å². The van der Waals surface area contributed by atoms with E-state index in [1.54, 1.807) is 0 Å². The van der Waals surface area contributed by atoms with Crippen LogP contribution in [0.4, 0.5) is 0 Å². The van der Waals surface area contributed by atoms with E-state index in [-0.39, 0.29) is 0 Å². The highest BCUT2D eigenvalue weighted by Gasteiger charge is 2.27. The second kappa shape index (κ2) is 4.87. The SMILES string of the molecule is COP(=O)(O)OC(Cl)C(Cl)Cl. The zero-order chi connectivity index (χ0) is 9.07. The molecule has 11 heavy (non-hydrogen) atoms. The molecule has 0 fully saturated rings. The lowest BCUT2D eigenvalue weighted by molar-refractivity contribution is 0.163. The molecule has 0 aliphatic heterocycles. The standard InChI is InChI=1S/C3H6Cl3O4P/c1-9-11(7,8)10-3(6)2(4)5/h2-3H,1H3,(H,7,8). The Balaban J connectivity index is 3.94. The molecule has 2 unspecified atom stereocenters. The Hall–Kier alpha value is 0.980. The molecule has 0 aromatic rings. The molecule has 8 heteroatoms. The third-order valence-corrected chi connectivity index (χ3v) is 2.80. The van der Waals surface area contributed by atoms with Crippen molar-refractivity contribution in [1.82, 2.24) is 0 Å². The van der Waals surface area contributed by atoms with Gasteiger partial charge in [-0.2, -0.15) is 0 Å². The summed E-state index contributed by atoms with van der Waals surface area (Å²) >= 11 is 15.7. The molecule has 0 saturated carbocycles. The second-order valence-corrected chi connectivity index (χ2v) is 4.55. The van der Waals surface area contributed by atoms with Crippen LogP contribution in [-0.4, -0.2) is 22.4 Å². The van der Waals surface area contributed by atoms with Crippen LogP contribution in [0.3, 0.4) is 0 Å². The number of phosphoric acid groups is 1. The van der Waals surface area contributed by atoms with Crippen molar-refractivity contribution in [3.8, 4) is 0 Å². The Morgan fingerprint density at radius 3 is 2.18 bits per heavy atom. The van der Waals surface area contributed by atoms with Gasteiger partial charge in [0, 0.05) is 7.11 Å². The summed E-state index contributed by atoms with van der Waals surface area (Å²) in [5.74, 6) is 0. The largest absolute Gasteiger partial charge is 0.473 e. The minimum absolute atomic E-state index is 1.00. The molecule has 0 heterocycles. The van der Waals surface area contributed by atoms with Crippen molar-refractivity contribution >= 4 is 42.6 Å². The molecule has 0 aliphatic rings. The van der Waals surface area contributed by atoms with Crippen molar-refractivity contribution in [3.05, 3.63) is 0 Å². The van der Waals surface area contributed by atoms with Gasteiger partial charge < -0.3 is 4.89 Å². The maximum atomic E-state index is 10.6. The Bertz CT molecular complexity index is 163. The molecule has 68 valence electrons. The fraction of sp³-hybridized carbons (Fsp3) is 1.00. The number of hydrogen-bond acceptors (Lipinski definition) is 3.